The highest BCUT2D eigenvalue weighted by molar-refractivity contribution is 5.65. The monoisotopic (exact) mass is 263 g/mol. The number of piperidine rings is 1. The lowest BCUT2D eigenvalue weighted by atomic mass is 9.95. The van der Waals surface area contributed by atoms with Gasteiger partial charge in [0.25, 0.3) is 5.69 Å². The van der Waals surface area contributed by atoms with Crippen molar-refractivity contribution in [1.82, 2.24) is 0 Å². The van der Waals surface area contributed by atoms with Crippen molar-refractivity contribution in [3.63, 3.8) is 0 Å². The lowest BCUT2D eigenvalue weighted by molar-refractivity contribution is -0.384. The van der Waals surface area contributed by atoms with Crippen LogP contribution in [0, 0.1) is 17.0 Å². The Bertz CT molecular complexity index is 476. The maximum atomic E-state index is 11.2. The molecule has 1 fully saturated rings. The van der Waals surface area contributed by atoms with Crippen LogP contribution in [0.2, 0.25) is 0 Å². The highest BCUT2D eigenvalue weighted by Gasteiger charge is 2.31. The maximum Gasteiger partial charge on any atom is 0.292 e. The first kappa shape index (κ1) is 13.8. The standard InChI is InChI=1S/C14H21N3O2/c1-10-6-7-13(17(18)19)14(8-10)16-11(2)4-3-5-12(16)9-15/h6-8,11-12H,3-5,9,15H2,1-2H3. The van der Waals surface area contributed by atoms with E-state index in [0.29, 0.717) is 18.3 Å². The third kappa shape index (κ3) is 2.71. The second kappa shape index (κ2) is 5.57. The molecule has 0 aromatic heterocycles. The van der Waals surface area contributed by atoms with Crippen molar-refractivity contribution >= 4 is 11.4 Å². The minimum atomic E-state index is -0.302. The number of nitro groups is 1. The van der Waals surface area contributed by atoms with Crippen LogP contribution in [-0.2, 0) is 0 Å². The average Bonchev–Trinajstić information content (AvgIpc) is 2.37. The van der Waals surface area contributed by atoms with Crippen molar-refractivity contribution in [3.05, 3.63) is 33.9 Å². The molecule has 1 heterocycles. The molecule has 1 saturated heterocycles. The van der Waals surface area contributed by atoms with Crippen LogP contribution in [0.5, 0.6) is 0 Å². The van der Waals surface area contributed by atoms with Gasteiger partial charge in [0, 0.05) is 24.7 Å². The van der Waals surface area contributed by atoms with Crippen molar-refractivity contribution in [1.29, 1.82) is 0 Å². The third-order valence-corrected chi connectivity index (χ3v) is 3.91. The summed E-state index contributed by atoms with van der Waals surface area (Å²) in [5.41, 5.74) is 7.78. The Morgan fingerprint density at radius 2 is 2.21 bits per heavy atom. The van der Waals surface area contributed by atoms with Crippen LogP contribution >= 0.6 is 0 Å². The van der Waals surface area contributed by atoms with Crippen molar-refractivity contribution in [2.24, 2.45) is 5.73 Å². The number of hydrogen-bond acceptors (Lipinski definition) is 4. The summed E-state index contributed by atoms with van der Waals surface area (Å²) in [4.78, 5) is 13.1. The molecule has 1 aromatic rings. The Morgan fingerprint density at radius 1 is 1.47 bits per heavy atom. The normalized spacial score (nSPS) is 23.4. The van der Waals surface area contributed by atoms with Crippen LogP contribution in [-0.4, -0.2) is 23.6 Å². The zero-order chi connectivity index (χ0) is 14.0. The van der Waals surface area contributed by atoms with E-state index in [1.54, 1.807) is 12.1 Å². The summed E-state index contributed by atoms with van der Waals surface area (Å²) < 4.78 is 0. The molecule has 0 amide bonds. The van der Waals surface area contributed by atoms with Crippen LogP contribution in [0.3, 0.4) is 0 Å². The molecule has 1 aliphatic rings. The lowest BCUT2D eigenvalue weighted by Gasteiger charge is -2.41. The smallest absolute Gasteiger partial charge is 0.292 e. The second-order valence-corrected chi connectivity index (χ2v) is 5.33. The van der Waals surface area contributed by atoms with E-state index in [1.807, 2.05) is 13.0 Å². The molecule has 0 bridgehead atoms. The van der Waals surface area contributed by atoms with Crippen molar-refractivity contribution in [2.45, 2.75) is 45.2 Å². The zero-order valence-electron chi connectivity index (χ0n) is 11.5. The fraction of sp³-hybridized carbons (Fsp3) is 0.571. The van der Waals surface area contributed by atoms with Crippen LogP contribution in [0.4, 0.5) is 11.4 Å². The summed E-state index contributed by atoms with van der Waals surface area (Å²) in [5.74, 6) is 0. The van der Waals surface area contributed by atoms with Gasteiger partial charge in [-0.3, -0.25) is 10.1 Å². The van der Waals surface area contributed by atoms with Gasteiger partial charge in [0.15, 0.2) is 0 Å². The van der Waals surface area contributed by atoms with Gasteiger partial charge >= 0.3 is 0 Å². The van der Waals surface area contributed by atoms with Gasteiger partial charge in [-0.15, -0.1) is 0 Å². The number of nitro benzene ring substituents is 1. The molecule has 5 nitrogen and oxygen atoms in total. The predicted octanol–water partition coefficient (Wildman–Crippen LogP) is 2.61. The van der Waals surface area contributed by atoms with Crippen LogP contribution in [0.25, 0.3) is 0 Å². The van der Waals surface area contributed by atoms with Crippen molar-refractivity contribution in [2.75, 3.05) is 11.4 Å². The van der Waals surface area contributed by atoms with E-state index >= 15 is 0 Å². The van der Waals surface area contributed by atoms with Crippen LogP contribution < -0.4 is 10.6 Å². The largest absolute Gasteiger partial charge is 0.359 e. The fourth-order valence-corrected chi connectivity index (χ4v) is 2.95. The molecular formula is C14H21N3O2. The van der Waals surface area contributed by atoms with Crippen molar-refractivity contribution in [3.8, 4) is 0 Å². The van der Waals surface area contributed by atoms with Gasteiger partial charge in [-0.1, -0.05) is 6.07 Å². The highest BCUT2D eigenvalue weighted by atomic mass is 16.6. The van der Waals surface area contributed by atoms with Gasteiger partial charge in [-0.2, -0.15) is 0 Å². The molecule has 2 rings (SSSR count). The van der Waals surface area contributed by atoms with E-state index in [2.05, 4.69) is 11.8 Å². The molecule has 0 saturated carbocycles. The quantitative estimate of drug-likeness (QED) is 0.672. The molecule has 2 atom stereocenters. The van der Waals surface area contributed by atoms with Gasteiger partial charge in [0.1, 0.15) is 5.69 Å². The van der Waals surface area contributed by atoms with E-state index in [-0.39, 0.29) is 16.7 Å². The molecule has 1 aliphatic heterocycles. The molecule has 0 radical (unpaired) electrons. The number of benzene rings is 1. The second-order valence-electron chi connectivity index (χ2n) is 5.33. The SMILES string of the molecule is Cc1ccc([N+](=O)[O-])c(N2C(C)CCCC2CN)c1. The Labute approximate surface area is 113 Å². The van der Waals surface area contributed by atoms with Gasteiger partial charge in [-0.05, 0) is 44.7 Å². The van der Waals surface area contributed by atoms with Crippen molar-refractivity contribution < 1.29 is 4.92 Å². The highest BCUT2D eigenvalue weighted by Crippen LogP contribution is 2.36. The molecule has 2 unspecified atom stereocenters. The maximum absolute atomic E-state index is 11.2. The summed E-state index contributed by atoms with van der Waals surface area (Å²) in [6, 6.07) is 5.78. The van der Waals surface area contributed by atoms with E-state index < -0.39 is 0 Å². The summed E-state index contributed by atoms with van der Waals surface area (Å²) in [7, 11) is 0. The molecule has 104 valence electrons. The fourth-order valence-electron chi connectivity index (χ4n) is 2.95. The summed E-state index contributed by atoms with van der Waals surface area (Å²) in [5, 5.41) is 11.2. The predicted molar refractivity (Wildman–Crippen MR) is 76.5 cm³/mol. The van der Waals surface area contributed by atoms with E-state index in [1.165, 1.54) is 0 Å². The molecule has 0 spiro atoms. The van der Waals surface area contributed by atoms with E-state index in [0.717, 1.165) is 24.8 Å². The minimum Gasteiger partial charge on any atom is -0.359 e. The van der Waals surface area contributed by atoms with Gasteiger partial charge in [0.05, 0.1) is 4.92 Å². The van der Waals surface area contributed by atoms with E-state index in [4.69, 9.17) is 5.73 Å². The Hall–Kier alpha value is -1.62. The van der Waals surface area contributed by atoms with Crippen LogP contribution in [0.15, 0.2) is 18.2 Å². The zero-order valence-corrected chi connectivity index (χ0v) is 11.5. The Balaban J connectivity index is 2.48. The first-order valence-electron chi connectivity index (χ1n) is 6.78. The van der Waals surface area contributed by atoms with Gasteiger partial charge < -0.3 is 10.6 Å². The minimum absolute atomic E-state index is 0.179. The van der Waals surface area contributed by atoms with Crippen LogP contribution in [0.1, 0.15) is 31.7 Å². The first-order valence-corrected chi connectivity index (χ1v) is 6.78. The van der Waals surface area contributed by atoms with Gasteiger partial charge in [-0.25, -0.2) is 0 Å². The molecular weight excluding hydrogens is 242 g/mol. The molecule has 5 heteroatoms. The van der Waals surface area contributed by atoms with E-state index in [9.17, 15) is 10.1 Å². The third-order valence-electron chi connectivity index (χ3n) is 3.91. The number of anilines is 1. The Kier molecular flexibility index (Phi) is 4.04. The average molecular weight is 263 g/mol. The Morgan fingerprint density at radius 3 is 2.84 bits per heavy atom. The summed E-state index contributed by atoms with van der Waals surface area (Å²) in [6.45, 7) is 4.61. The van der Waals surface area contributed by atoms with Gasteiger partial charge in [0.2, 0.25) is 0 Å². The first-order chi connectivity index (χ1) is 9.04. The topological polar surface area (TPSA) is 72.4 Å². The number of nitrogens with two attached hydrogens (primary N) is 1. The molecule has 0 aliphatic carbocycles. The number of aryl methyl sites for hydroxylation is 1. The lowest BCUT2D eigenvalue weighted by Crippen LogP contribution is -2.49. The summed E-state index contributed by atoms with van der Waals surface area (Å²) >= 11 is 0. The molecule has 19 heavy (non-hydrogen) atoms. The number of nitrogens with zero attached hydrogens (tertiary/aromatic N) is 2. The number of hydrogen-bond donors (Lipinski definition) is 1. The number of rotatable bonds is 3. The molecule has 2 N–H and O–H groups in total. The summed E-state index contributed by atoms with van der Waals surface area (Å²) in [6.07, 6.45) is 3.20. The molecule has 1 aromatic carbocycles.